The molecule has 1 amide bonds. The number of nitrogens with one attached hydrogen (secondary N) is 1. The second-order valence-electron chi connectivity index (χ2n) is 5.22. The summed E-state index contributed by atoms with van der Waals surface area (Å²) in [6.07, 6.45) is 5.87. The molecule has 0 heterocycles. The summed E-state index contributed by atoms with van der Waals surface area (Å²) in [7, 11) is 0. The highest BCUT2D eigenvalue weighted by Gasteiger charge is 2.42. The van der Waals surface area contributed by atoms with E-state index in [4.69, 9.17) is 10.8 Å². The van der Waals surface area contributed by atoms with Gasteiger partial charge in [0.15, 0.2) is 0 Å². The molecule has 0 aromatic rings. The predicted octanol–water partition coefficient (Wildman–Crippen LogP) is 1.03. The molecular formula is C13H26N2O2. The fraction of sp³-hybridized carbons (Fsp3) is 0.923. The Balaban J connectivity index is 2.34. The normalized spacial score (nSPS) is 19.5. The first-order valence-electron chi connectivity index (χ1n) is 6.77. The molecule has 4 N–H and O–H groups in total. The minimum Gasteiger partial charge on any atom is -0.396 e. The highest BCUT2D eigenvalue weighted by Crippen LogP contribution is 2.40. The molecule has 1 saturated carbocycles. The summed E-state index contributed by atoms with van der Waals surface area (Å²) in [4.78, 5) is 12.0. The van der Waals surface area contributed by atoms with Crippen molar-refractivity contribution in [1.82, 2.24) is 5.32 Å². The lowest BCUT2D eigenvalue weighted by Crippen LogP contribution is -2.51. The number of carbonyl (C=O) groups is 1. The van der Waals surface area contributed by atoms with E-state index < -0.39 is 0 Å². The Labute approximate surface area is 104 Å². The van der Waals surface area contributed by atoms with Crippen LogP contribution in [0.25, 0.3) is 0 Å². The zero-order valence-electron chi connectivity index (χ0n) is 10.9. The molecule has 17 heavy (non-hydrogen) atoms. The molecule has 0 radical (unpaired) electrons. The van der Waals surface area contributed by atoms with E-state index >= 15 is 0 Å². The molecule has 4 heteroatoms. The summed E-state index contributed by atoms with van der Waals surface area (Å²) in [6.45, 7) is 3.45. The van der Waals surface area contributed by atoms with E-state index in [9.17, 15) is 4.79 Å². The topological polar surface area (TPSA) is 75.3 Å². The Morgan fingerprint density at radius 3 is 2.59 bits per heavy atom. The summed E-state index contributed by atoms with van der Waals surface area (Å²) < 4.78 is 0. The van der Waals surface area contributed by atoms with Crippen LogP contribution >= 0.6 is 0 Å². The molecule has 4 nitrogen and oxygen atoms in total. The fourth-order valence-corrected chi connectivity index (χ4v) is 2.49. The number of aliphatic hydroxyl groups is 1. The molecule has 1 fully saturated rings. The van der Waals surface area contributed by atoms with Crippen molar-refractivity contribution in [3.05, 3.63) is 0 Å². The minimum absolute atomic E-state index is 0.116. The average molecular weight is 242 g/mol. The lowest BCUT2D eigenvalue weighted by Gasteiger charge is -2.39. The lowest BCUT2D eigenvalue weighted by atomic mass is 9.68. The van der Waals surface area contributed by atoms with Crippen LogP contribution in [-0.2, 0) is 4.79 Å². The summed E-state index contributed by atoms with van der Waals surface area (Å²) >= 11 is 0. The van der Waals surface area contributed by atoms with E-state index in [-0.39, 0.29) is 17.9 Å². The first kappa shape index (κ1) is 14.5. The van der Waals surface area contributed by atoms with Crippen molar-refractivity contribution in [3.8, 4) is 0 Å². The van der Waals surface area contributed by atoms with E-state index in [0.717, 1.165) is 38.5 Å². The first-order valence-corrected chi connectivity index (χ1v) is 6.77. The molecule has 1 aliphatic rings. The van der Waals surface area contributed by atoms with E-state index in [2.05, 4.69) is 12.2 Å². The minimum atomic E-state index is -0.282. The van der Waals surface area contributed by atoms with Crippen LogP contribution in [0, 0.1) is 11.3 Å². The van der Waals surface area contributed by atoms with Gasteiger partial charge in [0.2, 0.25) is 5.91 Å². The zero-order valence-corrected chi connectivity index (χ0v) is 10.9. The van der Waals surface area contributed by atoms with E-state index in [1.165, 1.54) is 0 Å². The van der Waals surface area contributed by atoms with Crippen LogP contribution in [0.2, 0.25) is 0 Å². The van der Waals surface area contributed by atoms with Crippen LogP contribution in [0.1, 0.15) is 45.4 Å². The quantitative estimate of drug-likeness (QED) is 0.595. The third-order valence-electron chi connectivity index (χ3n) is 3.97. The second kappa shape index (κ2) is 6.97. The van der Waals surface area contributed by atoms with Gasteiger partial charge in [-0.25, -0.2) is 0 Å². The summed E-state index contributed by atoms with van der Waals surface area (Å²) in [5, 5.41) is 12.0. The van der Waals surface area contributed by atoms with Gasteiger partial charge in [0.1, 0.15) is 0 Å². The van der Waals surface area contributed by atoms with E-state index in [1.807, 2.05) is 0 Å². The van der Waals surface area contributed by atoms with Crippen LogP contribution in [0.5, 0.6) is 0 Å². The molecule has 100 valence electrons. The van der Waals surface area contributed by atoms with Crippen molar-refractivity contribution in [1.29, 1.82) is 0 Å². The smallest absolute Gasteiger partial charge is 0.227 e. The van der Waals surface area contributed by atoms with Gasteiger partial charge in [0.25, 0.3) is 0 Å². The Morgan fingerprint density at radius 2 is 2.18 bits per heavy atom. The predicted molar refractivity (Wildman–Crippen MR) is 68.4 cm³/mol. The SMILES string of the molecule is CCCC(CCO)CNC(=O)C1(CN)CCC1. The van der Waals surface area contributed by atoms with Crippen molar-refractivity contribution in [3.63, 3.8) is 0 Å². The number of aliphatic hydroxyl groups excluding tert-OH is 1. The lowest BCUT2D eigenvalue weighted by molar-refractivity contribution is -0.135. The first-order chi connectivity index (χ1) is 8.18. The zero-order chi connectivity index (χ0) is 12.7. The fourth-order valence-electron chi connectivity index (χ4n) is 2.49. The molecule has 0 aromatic heterocycles. The van der Waals surface area contributed by atoms with Crippen molar-refractivity contribution >= 4 is 5.91 Å². The molecule has 1 atom stereocenters. The molecular weight excluding hydrogens is 216 g/mol. The number of amides is 1. The Morgan fingerprint density at radius 1 is 1.47 bits per heavy atom. The van der Waals surface area contributed by atoms with Crippen LogP contribution in [0.3, 0.4) is 0 Å². The third-order valence-corrected chi connectivity index (χ3v) is 3.97. The molecule has 0 saturated heterocycles. The van der Waals surface area contributed by atoms with Gasteiger partial charge >= 0.3 is 0 Å². The van der Waals surface area contributed by atoms with Crippen molar-refractivity contribution < 1.29 is 9.90 Å². The highest BCUT2D eigenvalue weighted by atomic mass is 16.3. The summed E-state index contributed by atoms with van der Waals surface area (Å²) in [5.74, 6) is 0.508. The number of hydrogen-bond donors (Lipinski definition) is 3. The number of rotatable bonds is 8. The highest BCUT2D eigenvalue weighted by molar-refractivity contribution is 5.83. The van der Waals surface area contributed by atoms with Gasteiger partial charge in [0.05, 0.1) is 5.41 Å². The number of carbonyl (C=O) groups excluding carboxylic acids is 1. The van der Waals surface area contributed by atoms with E-state index in [1.54, 1.807) is 0 Å². The maximum Gasteiger partial charge on any atom is 0.227 e. The molecule has 0 aliphatic heterocycles. The Bertz CT molecular complexity index is 228. The maximum atomic E-state index is 12.0. The van der Waals surface area contributed by atoms with Crippen molar-refractivity contribution in [2.75, 3.05) is 19.7 Å². The van der Waals surface area contributed by atoms with Gasteiger partial charge in [-0.3, -0.25) is 4.79 Å². The Hall–Kier alpha value is -0.610. The molecule has 0 bridgehead atoms. The second-order valence-corrected chi connectivity index (χ2v) is 5.22. The monoisotopic (exact) mass is 242 g/mol. The standard InChI is InChI=1S/C13H26N2O2/c1-2-4-11(5-8-16)9-15-12(17)13(10-14)6-3-7-13/h11,16H,2-10,14H2,1H3,(H,15,17). The van der Waals surface area contributed by atoms with Gasteiger partial charge in [-0.15, -0.1) is 0 Å². The number of hydrogen-bond acceptors (Lipinski definition) is 3. The number of nitrogens with two attached hydrogens (primary N) is 1. The molecule has 1 aliphatic carbocycles. The summed E-state index contributed by atoms with van der Waals surface area (Å²) in [6, 6.07) is 0. The van der Waals surface area contributed by atoms with Crippen LogP contribution in [0.15, 0.2) is 0 Å². The molecule has 1 rings (SSSR count). The van der Waals surface area contributed by atoms with Gasteiger partial charge in [0, 0.05) is 19.7 Å². The van der Waals surface area contributed by atoms with Crippen molar-refractivity contribution in [2.45, 2.75) is 45.4 Å². The molecule has 0 aromatic carbocycles. The van der Waals surface area contributed by atoms with E-state index in [0.29, 0.717) is 19.0 Å². The average Bonchev–Trinajstić information content (AvgIpc) is 2.26. The van der Waals surface area contributed by atoms with Gasteiger partial charge in [-0.2, -0.15) is 0 Å². The van der Waals surface area contributed by atoms with Crippen LogP contribution < -0.4 is 11.1 Å². The van der Waals surface area contributed by atoms with Gasteiger partial charge in [-0.05, 0) is 31.6 Å². The van der Waals surface area contributed by atoms with Gasteiger partial charge < -0.3 is 16.2 Å². The van der Waals surface area contributed by atoms with Crippen LogP contribution in [-0.4, -0.2) is 30.7 Å². The molecule has 0 spiro atoms. The van der Waals surface area contributed by atoms with Gasteiger partial charge in [-0.1, -0.05) is 19.8 Å². The van der Waals surface area contributed by atoms with Crippen molar-refractivity contribution in [2.24, 2.45) is 17.1 Å². The third kappa shape index (κ3) is 3.68. The molecule has 1 unspecified atom stereocenters. The largest absolute Gasteiger partial charge is 0.396 e. The Kier molecular flexibility index (Phi) is 5.92. The maximum absolute atomic E-state index is 12.0. The summed E-state index contributed by atoms with van der Waals surface area (Å²) in [5.41, 5.74) is 5.41. The van der Waals surface area contributed by atoms with Crippen LogP contribution in [0.4, 0.5) is 0 Å².